The lowest BCUT2D eigenvalue weighted by atomic mass is 10.0. The van der Waals surface area contributed by atoms with Crippen LogP contribution in [0.15, 0.2) is 24.3 Å². The summed E-state index contributed by atoms with van der Waals surface area (Å²) in [7, 11) is 0. The van der Waals surface area contributed by atoms with Gasteiger partial charge in [-0.25, -0.2) is 0 Å². The van der Waals surface area contributed by atoms with Crippen molar-refractivity contribution in [2.75, 3.05) is 5.88 Å². The van der Waals surface area contributed by atoms with Crippen LogP contribution in [0.25, 0.3) is 0 Å². The molecule has 0 aliphatic carbocycles. The normalized spacial score (nSPS) is 12.8. The molecule has 0 aliphatic heterocycles. The molecular weight excluding hydrogens is 172 g/mol. The van der Waals surface area contributed by atoms with Gasteiger partial charge in [0.2, 0.25) is 0 Å². The van der Waals surface area contributed by atoms with E-state index in [2.05, 4.69) is 6.92 Å². The molecule has 0 aliphatic rings. The maximum atomic E-state index is 9.41. The molecule has 1 atom stereocenters. The summed E-state index contributed by atoms with van der Waals surface area (Å²) in [5.74, 6) is 1.42. The molecule has 0 aromatic heterocycles. The second-order valence-corrected chi connectivity index (χ2v) is 3.40. The van der Waals surface area contributed by atoms with Crippen LogP contribution in [0.3, 0.4) is 0 Å². The van der Waals surface area contributed by atoms with E-state index >= 15 is 0 Å². The fraction of sp³-hybridized carbons (Fsp3) is 0.400. The highest BCUT2D eigenvalue weighted by atomic mass is 35.5. The van der Waals surface area contributed by atoms with Crippen molar-refractivity contribution in [3.05, 3.63) is 29.8 Å². The van der Waals surface area contributed by atoms with Crippen molar-refractivity contribution in [2.24, 2.45) is 5.92 Å². The Morgan fingerprint density at radius 2 is 2.08 bits per heavy atom. The number of hydrogen-bond donors (Lipinski definition) is 1. The van der Waals surface area contributed by atoms with Crippen LogP contribution in [0, 0.1) is 5.92 Å². The second kappa shape index (κ2) is 4.36. The van der Waals surface area contributed by atoms with Crippen LogP contribution >= 0.6 is 11.6 Å². The van der Waals surface area contributed by atoms with Crippen LogP contribution in [0.2, 0.25) is 0 Å². The van der Waals surface area contributed by atoms with Gasteiger partial charge in [-0.15, -0.1) is 11.6 Å². The number of alkyl halides is 1. The van der Waals surface area contributed by atoms with Crippen LogP contribution in [0.1, 0.15) is 12.5 Å². The average molecular weight is 185 g/mol. The predicted molar refractivity (Wildman–Crippen MR) is 51.7 cm³/mol. The molecule has 12 heavy (non-hydrogen) atoms. The summed E-state index contributed by atoms with van der Waals surface area (Å²) in [5.41, 5.74) is 0.977. The van der Waals surface area contributed by atoms with Crippen molar-refractivity contribution in [1.29, 1.82) is 0 Å². The number of rotatable bonds is 3. The first-order valence-electron chi connectivity index (χ1n) is 4.07. The van der Waals surface area contributed by atoms with Crippen LogP contribution in [0.5, 0.6) is 5.75 Å². The first-order valence-corrected chi connectivity index (χ1v) is 4.60. The molecule has 1 aromatic rings. The zero-order valence-corrected chi connectivity index (χ0v) is 7.88. The molecule has 0 bridgehead atoms. The van der Waals surface area contributed by atoms with Gasteiger partial charge in [0.05, 0.1) is 0 Å². The standard InChI is InChI=1S/C10H13ClO/c1-8(7-11)6-9-4-2-3-5-10(9)12/h2-5,8,12H,6-7H2,1H3. The van der Waals surface area contributed by atoms with Crippen molar-refractivity contribution < 1.29 is 5.11 Å². The minimum absolute atomic E-state index is 0.370. The summed E-state index contributed by atoms with van der Waals surface area (Å²) < 4.78 is 0. The molecule has 0 amide bonds. The minimum Gasteiger partial charge on any atom is -0.508 e. The summed E-state index contributed by atoms with van der Waals surface area (Å²) in [4.78, 5) is 0. The van der Waals surface area contributed by atoms with Gasteiger partial charge in [-0.3, -0.25) is 0 Å². The summed E-state index contributed by atoms with van der Waals surface area (Å²) in [6.07, 6.45) is 0.843. The number of phenols is 1. The lowest BCUT2D eigenvalue weighted by molar-refractivity contribution is 0.463. The van der Waals surface area contributed by atoms with Crippen LogP contribution in [-0.2, 0) is 6.42 Å². The van der Waals surface area contributed by atoms with E-state index in [1.165, 1.54) is 0 Å². The number of aromatic hydroxyl groups is 1. The molecule has 1 unspecified atom stereocenters. The monoisotopic (exact) mass is 184 g/mol. The molecule has 1 aromatic carbocycles. The number of phenolic OH excluding ortho intramolecular Hbond substituents is 1. The van der Waals surface area contributed by atoms with Gasteiger partial charge in [0, 0.05) is 5.88 Å². The zero-order chi connectivity index (χ0) is 8.97. The highest BCUT2D eigenvalue weighted by Gasteiger charge is 2.04. The Kier molecular flexibility index (Phi) is 3.42. The van der Waals surface area contributed by atoms with Gasteiger partial charge in [0.15, 0.2) is 0 Å². The van der Waals surface area contributed by atoms with Gasteiger partial charge in [0.25, 0.3) is 0 Å². The van der Waals surface area contributed by atoms with Crippen molar-refractivity contribution in [3.63, 3.8) is 0 Å². The fourth-order valence-electron chi connectivity index (χ4n) is 1.11. The molecular formula is C10H13ClO. The van der Waals surface area contributed by atoms with E-state index in [0.717, 1.165) is 12.0 Å². The van der Waals surface area contributed by atoms with E-state index in [1.54, 1.807) is 6.07 Å². The molecule has 2 heteroatoms. The lowest BCUT2D eigenvalue weighted by Gasteiger charge is -2.08. The third kappa shape index (κ3) is 2.42. The zero-order valence-electron chi connectivity index (χ0n) is 7.13. The Morgan fingerprint density at radius 1 is 1.42 bits per heavy atom. The Bertz CT molecular complexity index is 247. The Labute approximate surface area is 78.0 Å². The van der Waals surface area contributed by atoms with Crippen molar-refractivity contribution in [1.82, 2.24) is 0 Å². The van der Waals surface area contributed by atoms with Gasteiger partial charge in [0.1, 0.15) is 5.75 Å². The maximum absolute atomic E-state index is 9.41. The largest absolute Gasteiger partial charge is 0.508 e. The molecule has 1 N–H and O–H groups in total. The van der Waals surface area contributed by atoms with Crippen molar-refractivity contribution in [3.8, 4) is 5.75 Å². The van der Waals surface area contributed by atoms with Gasteiger partial charge in [-0.05, 0) is 24.0 Å². The van der Waals surface area contributed by atoms with Gasteiger partial charge < -0.3 is 5.11 Å². The molecule has 1 nitrogen and oxygen atoms in total. The first-order chi connectivity index (χ1) is 5.74. The number of halogens is 1. The average Bonchev–Trinajstić information content (AvgIpc) is 2.09. The second-order valence-electron chi connectivity index (χ2n) is 3.09. The molecule has 1 rings (SSSR count). The Balaban J connectivity index is 2.69. The minimum atomic E-state index is 0.370. The SMILES string of the molecule is CC(CCl)Cc1ccccc1O. The Hall–Kier alpha value is -0.690. The van der Waals surface area contributed by atoms with Crippen LogP contribution < -0.4 is 0 Å². The van der Waals surface area contributed by atoms with E-state index in [1.807, 2.05) is 18.2 Å². The van der Waals surface area contributed by atoms with Gasteiger partial charge in [-0.1, -0.05) is 25.1 Å². The molecule has 0 heterocycles. The van der Waals surface area contributed by atoms with Crippen molar-refractivity contribution >= 4 is 11.6 Å². The molecule has 0 fully saturated rings. The van der Waals surface area contributed by atoms with E-state index in [0.29, 0.717) is 17.5 Å². The topological polar surface area (TPSA) is 20.2 Å². The van der Waals surface area contributed by atoms with Crippen LogP contribution in [-0.4, -0.2) is 11.0 Å². The van der Waals surface area contributed by atoms with E-state index in [9.17, 15) is 5.11 Å². The van der Waals surface area contributed by atoms with Gasteiger partial charge >= 0.3 is 0 Å². The third-order valence-electron chi connectivity index (χ3n) is 1.82. The first kappa shape index (κ1) is 9.40. The highest BCUT2D eigenvalue weighted by molar-refractivity contribution is 6.18. The van der Waals surface area contributed by atoms with E-state index in [-0.39, 0.29) is 0 Å². The molecule has 0 saturated heterocycles. The van der Waals surface area contributed by atoms with Crippen LogP contribution in [0.4, 0.5) is 0 Å². The number of benzene rings is 1. The molecule has 66 valence electrons. The highest BCUT2D eigenvalue weighted by Crippen LogP contribution is 2.19. The third-order valence-corrected chi connectivity index (χ3v) is 2.35. The summed E-state index contributed by atoms with van der Waals surface area (Å²) in [5, 5.41) is 9.41. The smallest absolute Gasteiger partial charge is 0.118 e. The molecule has 0 saturated carbocycles. The van der Waals surface area contributed by atoms with E-state index in [4.69, 9.17) is 11.6 Å². The number of hydrogen-bond acceptors (Lipinski definition) is 1. The number of para-hydroxylation sites is 1. The molecule has 0 radical (unpaired) electrons. The van der Waals surface area contributed by atoms with Gasteiger partial charge in [-0.2, -0.15) is 0 Å². The summed E-state index contributed by atoms with van der Waals surface area (Å²) in [6, 6.07) is 7.38. The fourth-order valence-corrected chi connectivity index (χ4v) is 1.22. The summed E-state index contributed by atoms with van der Waals surface area (Å²) >= 11 is 5.67. The Morgan fingerprint density at radius 3 is 2.67 bits per heavy atom. The summed E-state index contributed by atoms with van der Waals surface area (Å²) in [6.45, 7) is 2.07. The van der Waals surface area contributed by atoms with E-state index < -0.39 is 0 Å². The maximum Gasteiger partial charge on any atom is 0.118 e. The molecule has 0 spiro atoms. The predicted octanol–water partition coefficient (Wildman–Crippen LogP) is 2.81. The quantitative estimate of drug-likeness (QED) is 0.717. The van der Waals surface area contributed by atoms with Crippen molar-refractivity contribution in [2.45, 2.75) is 13.3 Å². The lowest BCUT2D eigenvalue weighted by Crippen LogP contribution is -2.00.